The smallest absolute Gasteiger partial charge is 0.145 e. The Kier molecular flexibility index (Phi) is 6.97. The molecule has 0 spiro atoms. The average molecular weight is 750 g/mol. The molecule has 0 N–H and O–H groups in total. The van der Waals surface area contributed by atoms with Gasteiger partial charge in [0.25, 0.3) is 0 Å². The van der Waals surface area contributed by atoms with Crippen LogP contribution in [0.25, 0.3) is 90.0 Å². The number of rotatable bonds is 5. The highest BCUT2D eigenvalue weighted by molar-refractivity contribution is 7.27. The van der Waals surface area contributed by atoms with Crippen molar-refractivity contribution < 1.29 is 0 Å². The maximum atomic E-state index is 5.15. The minimum absolute atomic E-state index is 0.923. The molecular formula is C51H31N3S2. The molecule has 0 aliphatic rings. The van der Waals surface area contributed by atoms with Crippen LogP contribution in [-0.2, 0) is 0 Å². The van der Waals surface area contributed by atoms with Gasteiger partial charge in [-0.1, -0.05) is 103 Å². The van der Waals surface area contributed by atoms with Crippen LogP contribution in [0.5, 0.6) is 0 Å². The molecule has 0 atom stereocenters. The number of hydrogen-bond acceptors (Lipinski definition) is 4. The Morgan fingerprint density at radius 1 is 0.411 bits per heavy atom. The lowest BCUT2D eigenvalue weighted by Crippen LogP contribution is -2.10. The lowest BCUT2D eigenvalue weighted by atomic mass is 10.0. The third kappa shape index (κ3) is 4.85. The molecule has 0 saturated carbocycles. The van der Waals surface area contributed by atoms with Crippen molar-refractivity contribution in [3.8, 4) is 17.1 Å². The number of aromatic nitrogens is 2. The van der Waals surface area contributed by atoms with E-state index in [0.29, 0.717) is 0 Å². The van der Waals surface area contributed by atoms with Crippen LogP contribution in [-0.4, -0.2) is 9.55 Å². The number of fused-ring (bicyclic) bond motifs is 11. The van der Waals surface area contributed by atoms with Crippen LogP contribution in [0.3, 0.4) is 0 Å². The molecule has 262 valence electrons. The molecule has 12 rings (SSSR count). The monoisotopic (exact) mass is 749 g/mol. The van der Waals surface area contributed by atoms with Crippen LogP contribution < -0.4 is 4.90 Å². The second kappa shape index (κ2) is 12.4. The number of nitrogens with zero attached hydrogens (tertiary/aromatic N) is 3. The molecule has 0 bridgehead atoms. The highest BCUT2D eigenvalue weighted by Crippen LogP contribution is 2.44. The van der Waals surface area contributed by atoms with Crippen molar-refractivity contribution in [2.45, 2.75) is 0 Å². The van der Waals surface area contributed by atoms with Gasteiger partial charge in [0.1, 0.15) is 5.82 Å². The van der Waals surface area contributed by atoms with Crippen LogP contribution in [0, 0.1) is 0 Å². The summed E-state index contributed by atoms with van der Waals surface area (Å²) in [5, 5.41) is 10.3. The van der Waals surface area contributed by atoms with Gasteiger partial charge < -0.3 is 4.90 Å². The molecule has 0 fully saturated rings. The van der Waals surface area contributed by atoms with Crippen molar-refractivity contribution in [1.29, 1.82) is 0 Å². The maximum absolute atomic E-state index is 5.15. The summed E-state index contributed by atoms with van der Waals surface area (Å²) in [6.45, 7) is 0. The second-order valence-electron chi connectivity index (χ2n) is 14.4. The Labute approximate surface area is 330 Å². The minimum atomic E-state index is 0.923. The molecule has 56 heavy (non-hydrogen) atoms. The highest BCUT2D eigenvalue weighted by atomic mass is 32.1. The van der Waals surface area contributed by atoms with Crippen molar-refractivity contribution in [2.24, 2.45) is 0 Å². The maximum Gasteiger partial charge on any atom is 0.145 e. The fraction of sp³-hybridized carbons (Fsp3) is 0. The number of benzene rings is 9. The van der Waals surface area contributed by atoms with Gasteiger partial charge in [0, 0.05) is 68.7 Å². The van der Waals surface area contributed by atoms with Crippen molar-refractivity contribution in [3.63, 3.8) is 0 Å². The van der Waals surface area contributed by atoms with Gasteiger partial charge in [0.2, 0.25) is 0 Å². The number of imidazole rings is 1. The summed E-state index contributed by atoms with van der Waals surface area (Å²) < 4.78 is 7.59. The van der Waals surface area contributed by atoms with Gasteiger partial charge in [-0.05, 0) is 106 Å². The summed E-state index contributed by atoms with van der Waals surface area (Å²) in [4.78, 5) is 7.55. The first-order chi connectivity index (χ1) is 27.7. The number of anilines is 3. The zero-order valence-electron chi connectivity index (χ0n) is 30.1. The lowest BCUT2D eigenvalue weighted by molar-refractivity contribution is 1.10. The molecule has 3 heterocycles. The topological polar surface area (TPSA) is 21.1 Å². The first-order valence-electron chi connectivity index (χ1n) is 18.9. The quantitative estimate of drug-likeness (QED) is 0.175. The lowest BCUT2D eigenvalue weighted by Gasteiger charge is -2.26. The van der Waals surface area contributed by atoms with Crippen LogP contribution >= 0.6 is 22.7 Å². The van der Waals surface area contributed by atoms with E-state index in [1.165, 1.54) is 61.9 Å². The second-order valence-corrected chi connectivity index (χ2v) is 16.5. The first-order valence-corrected chi connectivity index (χ1v) is 20.5. The Morgan fingerprint density at radius 3 is 1.55 bits per heavy atom. The van der Waals surface area contributed by atoms with Crippen LogP contribution in [0.2, 0.25) is 0 Å². The predicted molar refractivity (Wildman–Crippen MR) is 242 cm³/mol. The van der Waals surface area contributed by atoms with Crippen LogP contribution in [0.15, 0.2) is 188 Å². The predicted octanol–water partition coefficient (Wildman–Crippen LogP) is 15.2. The molecule has 5 heteroatoms. The van der Waals surface area contributed by atoms with E-state index in [-0.39, 0.29) is 0 Å². The van der Waals surface area contributed by atoms with Crippen molar-refractivity contribution in [3.05, 3.63) is 188 Å². The summed E-state index contributed by atoms with van der Waals surface area (Å²) in [5.41, 5.74) is 7.53. The molecular weight excluding hydrogens is 719 g/mol. The van der Waals surface area contributed by atoms with Gasteiger partial charge in [-0.15, -0.1) is 22.7 Å². The van der Waals surface area contributed by atoms with Gasteiger partial charge >= 0.3 is 0 Å². The Hall–Kier alpha value is -6.79. The molecule has 0 radical (unpaired) electrons. The van der Waals surface area contributed by atoms with Crippen LogP contribution in [0.1, 0.15) is 0 Å². The van der Waals surface area contributed by atoms with E-state index in [1.54, 1.807) is 0 Å². The normalized spacial score (nSPS) is 11.9. The van der Waals surface area contributed by atoms with Gasteiger partial charge in [-0.25, -0.2) is 4.98 Å². The average Bonchev–Trinajstić information content (AvgIpc) is 3.96. The third-order valence-electron chi connectivity index (χ3n) is 11.2. The van der Waals surface area contributed by atoms with Gasteiger partial charge in [0.15, 0.2) is 0 Å². The van der Waals surface area contributed by atoms with Crippen molar-refractivity contribution in [1.82, 2.24) is 9.55 Å². The Balaban J connectivity index is 1.03. The third-order valence-corrected chi connectivity index (χ3v) is 13.6. The summed E-state index contributed by atoms with van der Waals surface area (Å²) >= 11 is 3.76. The summed E-state index contributed by atoms with van der Waals surface area (Å²) in [5.74, 6) is 0.923. The molecule has 0 aliphatic heterocycles. The minimum Gasteiger partial charge on any atom is -0.310 e. The van der Waals surface area contributed by atoms with Crippen molar-refractivity contribution in [2.75, 3.05) is 4.90 Å². The molecule has 9 aromatic carbocycles. The zero-order valence-corrected chi connectivity index (χ0v) is 31.7. The number of thiophene rings is 2. The molecule has 0 aliphatic carbocycles. The Morgan fingerprint density at radius 2 is 0.929 bits per heavy atom. The fourth-order valence-corrected chi connectivity index (χ4v) is 11.0. The van der Waals surface area contributed by atoms with Gasteiger partial charge in [-0.3, -0.25) is 4.57 Å². The summed E-state index contributed by atoms with van der Waals surface area (Å²) in [7, 11) is 0. The highest BCUT2D eigenvalue weighted by Gasteiger charge is 2.19. The SMILES string of the molecule is c1ccc(-n2c(-c3ccc(N(c4ccc5c(ccc6c7ccccc7sc56)c4)c4ccc5c(ccc6c7ccccc7sc56)c4)cc3)nc3ccccc32)cc1. The van der Waals surface area contributed by atoms with E-state index < -0.39 is 0 Å². The van der Waals surface area contributed by atoms with Gasteiger partial charge in [0.05, 0.1) is 11.0 Å². The van der Waals surface area contributed by atoms with E-state index >= 15 is 0 Å². The standard InChI is InChI=1S/C51H31N3S2/c1-2-10-35(11-3-1)54-46-15-7-6-14-45(46)52-51(54)32-18-22-36(23-19-32)53(37-24-28-39-33(30-37)20-26-43-41-12-4-8-16-47(41)55-49(39)43)38-25-29-40-34(31-38)21-27-44-42-13-5-9-17-48(42)56-50(40)44/h1-31H. The van der Waals surface area contributed by atoms with Gasteiger partial charge in [-0.2, -0.15) is 0 Å². The molecule has 12 aromatic rings. The molecule has 0 saturated heterocycles. The number of hydrogen-bond donors (Lipinski definition) is 0. The van der Waals surface area contributed by atoms with E-state index in [1.807, 2.05) is 22.7 Å². The largest absolute Gasteiger partial charge is 0.310 e. The Bertz CT molecular complexity index is 3330. The molecule has 0 amide bonds. The molecule has 0 unspecified atom stereocenters. The fourth-order valence-electron chi connectivity index (χ4n) is 8.54. The van der Waals surface area contributed by atoms with E-state index in [4.69, 9.17) is 4.98 Å². The van der Waals surface area contributed by atoms with E-state index in [2.05, 4.69) is 198 Å². The summed E-state index contributed by atoms with van der Waals surface area (Å²) in [6, 6.07) is 68.3. The van der Waals surface area contributed by atoms with Crippen molar-refractivity contribution >= 4 is 113 Å². The molecule has 3 nitrogen and oxygen atoms in total. The number of para-hydroxylation sites is 3. The van der Waals surface area contributed by atoms with Crippen LogP contribution in [0.4, 0.5) is 17.1 Å². The van der Waals surface area contributed by atoms with E-state index in [9.17, 15) is 0 Å². The zero-order chi connectivity index (χ0) is 36.7. The van der Waals surface area contributed by atoms with E-state index in [0.717, 1.165) is 45.2 Å². The first kappa shape index (κ1) is 31.5. The molecule has 3 aromatic heterocycles. The summed E-state index contributed by atoms with van der Waals surface area (Å²) in [6.07, 6.45) is 0.